The molecule has 0 radical (unpaired) electrons. The zero-order valence-corrected chi connectivity index (χ0v) is 9.02. The third kappa shape index (κ3) is 1.52. The second-order valence-corrected chi connectivity index (χ2v) is 4.45. The van der Waals surface area contributed by atoms with Gasteiger partial charge in [0.05, 0.1) is 0 Å². The van der Waals surface area contributed by atoms with E-state index in [0.29, 0.717) is 0 Å². The van der Waals surface area contributed by atoms with Crippen molar-refractivity contribution in [2.75, 3.05) is 0 Å². The molecular formula is C13H14O3. The Hall–Kier alpha value is -1.35. The van der Waals surface area contributed by atoms with Crippen molar-refractivity contribution in [1.29, 1.82) is 0 Å². The van der Waals surface area contributed by atoms with Gasteiger partial charge in [0.15, 0.2) is 6.10 Å². The van der Waals surface area contributed by atoms with Gasteiger partial charge in [-0.15, -0.1) is 0 Å². The van der Waals surface area contributed by atoms with E-state index in [1.165, 1.54) is 0 Å². The Kier molecular flexibility index (Phi) is 2.21. The van der Waals surface area contributed by atoms with E-state index in [1.807, 2.05) is 30.3 Å². The molecule has 3 heteroatoms. The van der Waals surface area contributed by atoms with Crippen molar-refractivity contribution in [3.8, 4) is 0 Å². The van der Waals surface area contributed by atoms with Crippen LogP contribution in [0.2, 0.25) is 0 Å². The van der Waals surface area contributed by atoms with E-state index in [2.05, 4.69) is 0 Å². The molecule has 2 aliphatic rings. The summed E-state index contributed by atoms with van der Waals surface area (Å²) in [5.74, 6) is -0.856. The number of hydrogen-bond acceptors (Lipinski definition) is 3. The Morgan fingerprint density at radius 2 is 1.81 bits per heavy atom. The Bertz CT molecular complexity index is 393. The smallest absolute Gasteiger partial charge is 0.342 e. The van der Waals surface area contributed by atoms with Gasteiger partial charge in [-0.1, -0.05) is 30.3 Å². The first-order valence-corrected chi connectivity index (χ1v) is 5.75. The fraction of sp³-hybridized carbons (Fsp3) is 0.462. The fourth-order valence-electron chi connectivity index (χ4n) is 2.49. The minimum atomic E-state index is -0.614. The van der Waals surface area contributed by atoms with Crippen LogP contribution in [0.15, 0.2) is 30.3 Å². The normalized spacial score (nSPS) is 27.2. The van der Waals surface area contributed by atoms with Crippen LogP contribution in [0.1, 0.15) is 37.4 Å². The van der Waals surface area contributed by atoms with Crippen LogP contribution in [0.4, 0.5) is 0 Å². The number of rotatable bonds is 1. The summed E-state index contributed by atoms with van der Waals surface area (Å²) >= 11 is 0. The van der Waals surface area contributed by atoms with Gasteiger partial charge in [0.2, 0.25) is 5.79 Å². The van der Waals surface area contributed by atoms with Crippen LogP contribution in [-0.4, -0.2) is 11.8 Å². The molecule has 16 heavy (non-hydrogen) atoms. The van der Waals surface area contributed by atoms with E-state index in [-0.39, 0.29) is 5.97 Å². The third-order valence-corrected chi connectivity index (χ3v) is 3.30. The number of carbonyl (C=O) groups excluding carboxylic acids is 1. The molecule has 1 saturated heterocycles. The van der Waals surface area contributed by atoms with Crippen molar-refractivity contribution in [2.45, 2.75) is 37.6 Å². The summed E-state index contributed by atoms with van der Waals surface area (Å²) in [6.45, 7) is 0. The fourth-order valence-corrected chi connectivity index (χ4v) is 2.49. The average Bonchev–Trinajstić information content (AvgIpc) is 2.88. The molecule has 1 saturated carbocycles. The van der Waals surface area contributed by atoms with Gasteiger partial charge >= 0.3 is 5.97 Å². The maximum atomic E-state index is 11.8. The van der Waals surface area contributed by atoms with Crippen molar-refractivity contribution in [3.63, 3.8) is 0 Å². The molecule has 1 unspecified atom stereocenters. The van der Waals surface area contributed by atoms with Crippen LogP contribution in [0.3, 0.4) is 0 Å². The van der Waals surface area contributed by atoms with Crippen molar-refractivity contribution in [1.82, 2.24) is 0 Å². The maximum absolute atomic E-state index is 11.8. The number of carbonyl (C=O) groups is 1. The van der Waals surface area contributed by atoms with Crippen LogP contribution in [-0.2, 0) is 14.3 Å². The Morgan fingerprint density at radius 3 is 2.50 bits per heavy atom. The highest BCUT2D eigenvalue weighted by Gasteiger charge is 2.49. The number of esters is 1. The van der Waals surface area contributed by atoms with E-state index >= 15 is 0 Å². The zero-order valence-electron chi connectivity index (χ0n) is 9.02. The quantitative estimate of drug-likeness (QED) is 0.679. The molecule has 1 atom stereocenters. The Morgan fingerprint density at radius 1 is 1.12 bits per heavy atom. The highest BCUT2D eigenvalue weighted by atomic mass is 16.8. The molecule has 3 rings (SSSR count). The van der Waals surface area contributed by atoms with Gasteiger partial charge in [-0.2, -0.15) is 0 Å². The second kappa shape index (κ2) is 3.59. The highest BCUT2D eigenvalue weighted by Crippen LogP contribution is 2.44. The predicted molar refractivity (Wildman–Crippen MR) is 57.6 cm³/mol. The third-order valence-electron chi connectivity index (χ3n) is 3.30. The van der Waals surface area contributed by atoms with E-state index in [4.69, 9.17) is 9.47 Å². The molecule has 0 aromatic heterocycles. The first kappa shape index (κ1) is 9.85. The molecule has 2 fully saturated rings. The molecular weight excluding hydrogens is 204 g/mol. The summed E-state index contributed by atoms with van der Waals surface area (Å²) in [6.07, 6.45) is 3.30. The molecule has 1 spiro atoms. The molecule has 1 aromatic rings. The molecule has 0 N–H and O–H groups in total. The minimum absolute atomic E-state index is 0.242. The summed E-state index contributed by atoms with van der Waals surface area (Å²) in [5.41, 5.74) is 0.885. The largest absolute Gasteiger partial charge is 0.431 e. The lowest BCUT2D eigenvalue weighted by atomic mass is 10.1. The molecule has 1 heterocycles. The highest BCUT2D eigenvalue weighted by molar-refractivity contribution is 5.78. The van der Waals surface area contributed by atoms with Gasteiger partial charge in [-0.05, 0) is 18.4 Å². The topological polar surface area (TPSA) is 35.5 Å². The molecule has 0 amide bonds. The summed E-state index contributed by atoms with van der Waals surface area (Å²) in [7, 11) is 0. The summed E-state index contributed by atoms with van der Waals surface area (Å²) in [6, 6.07) is 9.55. The van der Waals surface area contributed by atoms with Crippen molar-refractivity contribution in [3.05, 3.63) is 35.9 Å². The summed E-state index contributed by atoms with van der Waals surface area (Å²) < 4.78 is 11.3. The first-order chi connectivity index (χ1) is 7.79. The van der Waals surface area contributed by atoms with E-state index in [9.17, 15) is 4.79 Å². The van der Waals surface area contributed by atoms with Crippen molar-refractivity contribution < 1.29 is 14.3 Å². The molecule has 3 nitrogen and oxygen atoms in total. The van der Waals surface area contributed by atoms with Crippen LogP contribution in [0.25, 0.3) is 0 Å². The van der Waals surface area contributed by atoms with Crippen molar-refractivity contribution in [2.24, 2.45) is 0 Å². The Labute approximate surface area is 94.4 Å². The van der Waals surface area contributed by atoms with Crippen LogP contribution in [0.5, 0.6) is 0 Å². The lowest BCUT2D eigenvalue weighted by Crippen LogP contribution is -2.25. The molecule has 84 valence electrons. The van der Waals surface area contributed by atoms with E-state index in [1.54, 1.807) is 0 Å². The first-order valence-electron chi connectivity index (χ1n) is 5.75. The standard InChI is InChI=1S/C13H14O3/c14-12-11(10-6-2-1-3-7-10)15-13(16-12)8-4-5-9-13/h1-3,6-7,11H,4-5,8-9H2. The molecule has 1 aromatic carbocycles. The zero-order chi connectivity index (χ0) is 11.0. The second-order valence-electron chi connectivity index (χ2n) is 4.45. The SMILES string of the molecule is O=C1OC2(CCCC2)OC1c1ccccc1. The average molecular weight is 218 g/mol. The van der Waals surface area contributed by atoms with Gasteiger partial charge in [-0.25, -0.2) is 4.79 Å². The van der Waals surface area contributed by atoms with Crippen LogP contribution < -0.4 is 0 Å². The van der Waals surface area contributed by atoms with E-state index in [0.717, 1.165) is 31.2 Å². The lowest BCUT2D eigenvalue weighted by Gasteiger charge is -2.20. The van der Waals surface area contributed by atoms with E-state index < -0.39 is 11.9 Å². The summed E-state index contributed by atoms with van der Waals surface area (Å²) in [4.78, 5) is 11.8. The van der Waals surface area contributed by atoms with Crippen LogP contribution in [0, 0.1) is 0 Å². The molecule has 1 aliphatic heterocycles. The minimum Gasteiger partial charge on any atom is -0.431 e. The van der Waals surface area contributed by atoms with Crippen LogP contribution >= 0.6 is 0 Å². The number of benzene rings is 1. The van der Waals surface area contributed by atoms with Gasteiger partial charge in [0.25, 0.3) is 0 Å². The van der Waals surface area contributed by atoms with Crippen molar-refractivity contribution >= 4 is 5.97 Å². The maximum Gasteiger partial charge on any atom is 0.342 e. The van der Waals surface area contributed by atoms with Gasteiger partial charge in [0.1, 0.15) is 0 Å². The molecule has 1 aliphatic carbocycles. The van der Waals surface area contributed by atoms with Gasteiger partial charge in [0, 0.05) is 12.8 Å². The predicted octanol–water partition coefficient (Wildman–Crippen LogP) is 2.57. The van der Waals surface area contributed by atoms with Gasteiger partial charge < -0.3 is 9.47 Å². The Balaban J connectivity index is 1.86. The number of ether oxygens (including phenoxy) is 2. The lowest BCUT2D eigenvalue weighted by molar-refractivity contribution is -0.173. The summed E-state index contributed by atoms with van der Waals surface area (Å²) in [5, 5.41) is 0. The molecule has 0 bridgehead atoms. The van der Waals surface area contributed by atoms with Gasteiger partial charge in [-0.3, -0.25) is 0 Å². The monoisotopic (exact) mass is 218 g/mol. The number of hydrogen-bond donors (Lipinski definition) is 0.